The van der Waals surface area contributed by atoms with E-state index >= 15 is 0 Å². The lowest BCUT2D eigenvalue weighted by molar-refractivity contribution is -0.385. The van der Waals surface area contributed by atoms with Crippen LogP contribution in [0.1, 0.15) is 5.56 Å². The first kappa shape index (κ1) is 18.5. The molecule has 0 atom stereocenters. The summed E-state index contributed by atoms with van der Waals surface area (Å²) in [6.07, 6.45) is 1.22. The van der Waals surface area contributed by atoms with Gasteiger partial charge in [0, 0.05) is 11.1 Å². The van der Waals surface area contributed by atoms with Gasteiger partial charge in [0.05, 0.1) is 16.2 Å². The number of carbonyl (C=O) groups is 1. The quantitative estimate of drug-likeness (QED) is 0.451. The van der Waals surface area contributed by atoms with E-state index in [9.17, 15) is 20.0 Å². The van der Waals surface area contributed by atoms with E-state index in [0.717, 1.165) is 12.1 Å². The Bertz CT molecular complexity index is 842. The number of benzene rings is 2. The number of hydrogen-bond donors (Lipinski definition) is 2. The molecular weight excluding hydrogens is 373 g/mol. The smallest absolute Gasteiger partial charge is 0.310 e. The fraction of sp³-hybridized carbons (Fsp3) is 0.0667. The van der Waals surface area contributed by atoms with E-state index in [2.05, 4.69) is 10.5 Å². The topological polar surface area (TPSA) is 114 Å². The van der Waals surface area contributed by atoms with Gasteiger partial charge in [0.25, 0.3) is 5.91 Å². The number of phenols is 1. The molecule has 0 aliphatic heterocycles. The molecule has 0 aliphatic rings. The van der Waals surface area contributed by atoms with Crippen molar-refractivity contribution in [3.05, 3.63) is 62.1 Å². The minimum Gasteiger partial charge on any atom is -0.502 e. The summed E-state index contributed by atoms with van der Waals surface area (Å²) in [6.45, 7) is -0.329. The third-order valence-corrected chi connectivity index (χ3v) is 3.38. The van der Waals surface area contributed by atoms with Crippen molar-refractivity contribution in [1.82, 2.24) is 5.43 Å². The maximum absolute atomic E-state index is 11.6. The predicted octanol–water partition coefficient (Wildman–Crippen LogP) is 3.14. The Hall–Kier alpha value is -2.84. The number of nitro groups is 1. The van der Waals surface area contributed by atoms with Crippen molar-refractivity contribution in [1.29, 1.82) is 0 Å². The van der Waals surface area contributed by atoms with Crippen molar-refractivity contribution < 1.29 is 19.6 Å². The third kappa shape index (κ3) is 5.33. The van der Waals surface area contributed by atoms with Crippen LogP contribution in [0.2, 0.25) is 10.0 Å². The molecule has 130 valence electrons. The normalized spacial score (nSPS) is 10.6. The summed E-state index contributed by atoms with van der Waals surface area (Å²) in [4.78, 5) is 21.5. The molecule has 2 aromatic carbocycles. The minimum absolute atomic E-state index is 0.269. The average Bonchev–Trinajstić information content (AvgIpc) is 2.53. The minimum atomic E-state index is -0.711. The maximum atomic E-state index is 11.6. The van der Waals surface area contributed by atoms with E-state index in [4.69, 9.17) is 27.9 Å². The number of nitro benzene ring substituents is 1. The SMILES string of the molecule is O=C(COc1ccc(Cl)cc1Cl)NN=Cc1ccc([N+](=O)[O-])c(O)c1. The highest BCUT2D eigenvalue weighted by Crippen LogP contribution is 2.27. The highest BCUT2D eigenvalue weighted by atomic mass is 35.5. The molecule has 2 aromatic rings. The Morgan fingerprint density at radius 2 is 2.08 bits per heavy atom. The fourth-order valence-corrected chi connectivity index (χ4v) is 2.18. The van der Waals surface area contributed by atoms with Gasteiger partial charge in [0.1, 0.15) is 5.75 Å². The molecule has 0 radical (unpaired) electrons. The van der Waals surface area contributed by atoms with Gasteiger partial charge in [-0.25, -0.2) is 5.43 Å². The first-order chi connectivity index (χ1) is 11.9. The van der Waals surface area contributed by atoms with Crippen LogP contribution in [0.4, 0.5) is 5.69 Å². The van der Waals surface area contributed by atoms with Crippen molar-refractivity contribution >= 4 is 41.0 Å². The summed E-state index contributed by atoms with van der Waals surface area (Å²) in [5.41, 5.74) is 2.15. The molecule has 0 aromatic heterocycles. The zero-order valence-electron chi connectivity index (χ0n) is 12.5. The van der Waals surface area contributed by atoms with E-state index in [0.29, 0.717) is 16.3 Å². The second-order valence-electron chi connectivity index (χ2n) is 4.66. The molecular formula is C15H11Cl2N3O5. The van der Waals surface area contributed by atoms with Gasteiger partial charge in [-0.05, 0) is 35.9 Å². The number of halogens is 2. The van der Waals surface area contributed by atoms with Gasteiger partial charge in [-0.15, -0.1) is 0 Å². The van der Waals surface area contributed by atoms with Crippen molar-refractivity contribution in [3.8, 4) is 11.5 Å². The van der Waals surface area contributed by atoms with Gasteiger partial charge in [-0.3, -0.25) is 14.9 Å². The largest absolute Gasteiger partial charge is 0.502 e. The monoisotopic (exact) mass is 383 g/mol. The highest BCUT2D eigenvalue weighted by molar-refractivity contribution is 6.35. The molecule has 0 bridgehead atoms. The third-order valence-electron chi connectivity index (χ3n) is 2.85. The molecule has 0 aliphatic carbocycles. The zero-order valence-corrected chi connectivity index (χ0v) is 14.0. The molecule has 8 nitrogen and oxygen atoms in total. The Morgan fingerprint density at radius 3 is 2.72 bits per heavy atom. The van der Waals surface area contributed by atoms with Crippen LogP contribution in [0.25, 0.3) is 0 Å². The lowest BCUT2D eigenvalue weighted by Crippen LogP contribution is -2.24. The van der Waals surface area contributed by atoms with Gasteiger partial charge in [0.2, 0.25) is 0 Å². The standard InChI is InChI=1S/C15H11Cl2N3O5/c16-10-2-4-14(11(17)6-10)25-8-15(22)19-18-7-9-1-3-12(20(23)24)13(21)5-9/h1-7,21H,8H2,(H,19,22). The number of amides is 1. The summed E-state index contributed by atoms with van der Waals surface area (Å²) in [6, 6.07) is 8.23. The Kier molecular flexibility index (Phi) is 6.15. The second-order valence-corrected chi connectivity index (χ2v) is 5.51. The Labute approximate surface area is 151 Å². The molecule has 25 heavy (non-hydrogen) atoms. The van der Waals surface area contributed by atoms with E-state index in [1.165, 1.54) is 24.4 Å². The molecule has 0 spiro atoms. The molecule has 0 heterocycles. The van der Waals surface area contributed by atoms with Crippen molar-refractivity contribution in [2.24, 2.45) is 5.10 Å². The number of hydrazone groups is 1. The molecule has 2 rings (SSSR count). The Balaban J connectivity index is 1.88. The summed E-state index contributed by atoms with van der Waals surface area (Å²) in [7, 11) is 0. The fourth-order valence-electron chi connectivity index (χ4n) is 1.72. The lowest BCUT2D eigenvalue weighted by Gasteiger charge is -2.07. The molecule has 10 heteroatoms. The van der Waals surface area contributed by atoms with Crippen molar-refractivity contribution in [3.63, 3.8) is 0 Å². The first-order valence-electron chi connectivity index (χ1n) is 6.74. The Morgan fingerprint density at radius 1 is 1.32 bits per heavy atom. The van der Waals surface area contributed by atoms with Crippen LogP contribution in [0.3, 0.4) is 0 Å². The average molecular weight is 384 g/mol. The van der Waals surface area contributed by atoms with Gasteiger partial charge in [-0.1, -0.05) is 23.2 Å². The van der Waals surface area contributed by atoms with Crippen LogP contribution in [0.15, 0.2) is 41.5 Å². The van der Waals surface area contributed by atoms with Crippen LogP contribution >= 0.6 is 23.2 Å². The number of aromatic hydroxyl groups is 1. The number of carbonyl (C=O) groups excluding carboxylic acids is 1. The van der Waals surface area contributed by atoms with Crippen molar-refractivity contribution in [2.45, 2.75) is 0 Å². The van der Waals surface area contributed by atoms with Crippen LogP contribution in [-0.2, 0) is 4.79 Å². The maximum Gasteiger partial charge on any atom is 0.310 e. The first-order valence-corrected chi connectivity index (χ1v) is 7.49. The van der Waals surface area contributed by atoms with E-state index in [-0.39, 0.29) is 11.6 Å². The number of hydrogen-bond acceptors (Lipinski definition) is 6. The molecule has 0 saturated carbocycles. The van der Waals surface area contributed by atoms with E-state index < -0.39 is 22.3 Å². The van der Waals surface area contributed by atoms with Crippen LogP contribution in [0, 0.1) is 10.1 Å². The molecule has 0 unspecified atom stereocenters. The van der Waals surface area contributed by atoms with Crippen molar-refractivity contribution in [2.75, 3.05) is 6.61 Å². The van der Waals surface area contributed by atoms with Gasteiger partial charge in [-0.2, -0.15) is 5.10 Å². The van der Waals surface area contributed by atoms with Crippen LogP contribution < -0.4 is 10.2 Å². The molecule has 2 N–H and O–H groups in total. The highest BCUT2D eigenvalue weighted by Gasteiger charge is 2.12. The molecule has 0 fully saturated rings. The van der Waals surface area contributed by atoms with E-state index in [1.54, 1.807) is 6.07 Å². The van der Waals surface area contributed by atoms with Crippen LogP contribution in [0.5, 0.6) is 11.5 Å². The number of nitrogens with zero attached hydrogens (tertiary/aromatic N) is 2. The van der Waals surface area contributed by atoms with Crippen LogP contribution in [-0.4, -0.2) is 28.8 Å². The predicted molar refractivity (Wildman–Crippen MR) is 92.5 cm³/mol. The van der Waals surface area contributed by atoms with Gasteiger partial charge in [0.15, 0.2) is 12.4 Å². The molecule has 0 saturated heterocycles. The summed E-state index contributed by atoms with van der Waals surface area (Å²) in [5, 5.41) is 24.5. The van der Waals surface area contributed by atoms with Gasteiger partial charge < -0.3 is 9.84 Å². The van der Waals surface area contributed by atoms with E-state index in [1.807, 2.05) is 0 Å². The number of rotatable bonds is 6. The number of ether oxygens (including phenoxy) is 1. The molecule has 1 amide bonds. The summed E-state index contributed by atoms with van der Waals surface area (Å²) >= 11 is 11.7. The van der Waals surface area contributed by atoms with Gasteiger partial charge >= 0.3 is 5.69 Å². The second kappa shape index (κ2) is 8.32. The summed E-state index contributed by atoms with van der Waals surface area (Å²) in [5.74, 6) is -0.750. The zero-order chi connectivity index (χ0) is 18.4. The lowest BCUT2D eigenvalue weighted by atomic mass is 10.2. The number of phenolic OH excluding ortho intramolecular Hbond substituents is 1. The number of nitrogens with one attached hydrogen (secondary N) is 1. The summed E-state index contributed by atoms with van der Waals surface area (Å²) < 4.78 is 5.23.